The molecule has 0 aliphatic heterocycles. The van der Waals surface area contributed by atoms with E-state index in [9.17, 15) is 0 Å². The highest BCUT2D eigenvalue weighted by Crippen LogP contribution is 2.24. The van der Waals surface area contributed by atoms with Gasteiger partial charge in [0.05, 0.1) is 11.4 Å². The Kier molecular flexibility index (Phi) is 3.09. The first-order chi connectivity index (χ1) is 7.20. The Hall–Kier alpha value is -0.840. The van der Waals surface area contributed by atoms with Crippen LogP contribution in [-0.2, 0) is 6.54 Å². The van der Waals surface area contributed by atoms with Crippen molar-refractivity contribution >= 4 is 27.5 Å². The second kappa shape index (κ2) is 4.35. The van der Waals surface area contributed by atoms with Crippen molar-refractivity contribution in [2.24, 2.45) is 5.73 Å². The molecule has 0 atom stereocenters. The summed E-state index contributed by atoms with van der Waals surface area (Å²) >= 11 is 9.37. The van der Waals surface area contributed by atoms with Gasteiger partial charge in [-0.1, -0.05) is 11.6 Å². The lowest BCUT2D eigenvalue weighted by atomic mass is 10.3. The molecule has 0 bridgehead atoms. The monoisotopic (exact) mass is 285 g/mol. The highest BCUT2D eigenvalue weighted by Gasteiger charge is 2.04. The van der Waals surface area contributed by atoms with Crippen LogP contribution in [0.5, 0.6) is 0 Å². The summed E-state index contributed by atoms with van der Waals surface area (Å²) in [6.45, 7) is 0.436. The second-order valence-corrected chi connectivity index (χ2v) is 4.34. The van der Waals surface area contributed by atoms with Crippen LogP contribution in [0, 0.1) is 0 Å². The van der Waals surface area contributed by atoms with Crippen molar-refractivity contribution in [2.75, 3.05) is 0 Å². The molecule has 1 aromatic carbocycles. The van der Waals surface area contributed by atoms with Crippen molar-refractivity contribution in [3.05, 3.63) is 45.7 Å². The zero-order valence-electron chi connectivity index (χ0n) is 7.82. The number of aromatic nitrogens is 2. The van der Waals surface area contributed by atoms with Gasteiger partial charge in [-0.3, -0.25) is 0 Å². The van der Waals surface area contributed by atoms with Crippen LogP contribution in [0.15, 0.2) is 34.9 Å². The first kappa shape index (κ1) is 10.7. The van der Waals surface area contributed by atoms with E-state index in [0.717, 1.165) is 15.9 Å². The molecule has 0 unspecified atom stereocenters. The van der Waals surface area contributed by atoms with Crippen LogP contribution >= 0.6 is 27.5 Å². The second-order valence-electron chi connectivity index (χ2n) is 3.05. The largest absolute Gasteiger partial charge is 0.325 e. The fourth-order valence-electron chi connectivity index (χ4n) is 1.27. The van der Waals surface area contributed by atoms with Gasteiger partial charge in [-0.25, -0.2) is 4.68 Å². The highest BCUT2D eigenvalue weighted by atomic mass is 79.9. The van der Waals surface area contributed by atoms with E-state index >= 15 is 0 Å². The van der Waals surface area contributed by atoms with E-state index in [-0.39, 0.29) is 0 Å². The summed E-state index contributed by atoms with van der Waals surface area (Å²) in [5.74, 6) is 0. The van der Waals surface area contributed by atoms with Gasteiger partial charge < -0.3 is 5.73 Å². The van der Waals surface area contributed by atoms with Crippen LogP contribution in [0.25, 0.3) is 5.69 Å². The molecule has 1 aromatic heterocycles. The first-order valence-electron chi connectivity index (χ1n) is 4.41. The lowest BCUT2D eigenvalue weighted by Crippen LogP contribution is -2.00. The zero-order chi connectivity index (χ0) is 10.8. The molecule has 2 aromatic rings. The molecule has 0 aliphatic carbocycles. The van der Waals surface area contributed by atoms with E-state index < -0.39 is 0 Å². The average molecular weight is 287 g/mol. The van der Waals surface area contributed by atoms with Gasteiger partial charge in [-0.2, -0.15) is 5.10 Å². The molecule has 0 amide bonds. The van der Waals surface area contributed by atoms with Crippen LogP contribution < -0.4 is 5.73 Å². The summed E-state index contributed by atoms with van der Waals surface area (Å²) < 4.78 is 2.69. The molecule has 0 spiro atoms. The Labute approximate surface area is 101 Å². The third kappa shape index (κ3) is 2.22. The predicted octanol–water partition coefficient (Wildman–Crippen LogP) is 2.75. The summed E-state index contributed by atoms with van der Waals surface area (Å²) in [7, 11) is 0. The third-order valence-electron chi connectivity index (χ3n) is 2.01. The summed E-state index contributed by atoms with van der Waals surface area (Å²) in [5.41, 5.74) is 7.25. The van der Waals surface area contributed by atoms with Gasteiger partial charge >= 0.3 is 0 Å². The fourth-order valence-corrected chi connectivity index (χ4v) is 1.86. The zero-order valence-corrected chi connectivity index (χ0v) is 10.2. The van der Waals surface area contributed by atoms with Gasteiger partial charge in [0.1, 0.15) is 0 Å². The molecule has 0 radical (unpaired) electrons. The van der Waals surface area contributed by atoms with Gasteiger partial charge in [-0.15, -0.1) is 0 Å². The molecular formula is C10H9BrClN3. The molecule has 0 saturated carbocycles. The molecule has 0 saturated heterocycles. The number of hydrogen-bond donors (Lipinski definition) is 1. The van der Waals surface area contributed by atoms with Crippen LogP contribution in [0.4, 0.5) is 0 Å². The van der Waals surface area contributed by atoms with Crippen molar-refractivity contribution < 1.29 is 0 Å². The third-order valence-corrected chi connectivity index (χ3v) is 2.91. The maximum atomic E-state index is 5.92. The molecule has 2 rings (SSSR count). The normalized spacial score (nSPS) is 10.6. The molecule has 15 heavy (non-hydrogen) atoms. The topological polar surface area (TPSA) is 43.8 Å². The summed E-state index contributed by atoms with van der Waals surface area (Å²) in [6.07, 6.45) is 1.86. The van der Waals surface area contributed by atoms with E-state index in [4.69, 9.17) is 17.3 Å². The number of nitrogens with zero attached hydrogens (tertiary/aromatic N) is 2. The fraction of sp³-hybridized carbons (Fsp3) is 0.100. The Morgan fingerprint density at radius 2 is 2.20 bits per heavy atom. The van der Waals surface area contributed by atoms with Crippen molar-refractivity contribution in [3.63, 3.8) is 0 Å². The molecule has 0 fully saturated rings. The molecule has 3 nitrogen and oxygen atoms in total. The van der Waals surface area contributed by atoms with Gasteiger partial charge in [0.25, 0.3) is 0 Å². The average Bonchev–Trinajstić information content (AvgIpc) is 2.70. The van der Waals surface area contributed by atoms with Crippen molar-refractivity contribution in [1.29, 1.82) is 0 Å². The Bertz CT molecular complexity index is 481. The Morgan fingerprint density at radius 3 is 2.87 bits per heavy atom. The molecule has 2 N–H and O–H groups in total. The minimum absolute atomic E-state index is 0.436. The van der Waals surface area contributed by atoms with Crippen molar-refractivity contribution in [1.82, 2.24) is 9.78 Å². The molecule has 0 aliphatic rings. The quantitative estimate of drug-likeness (QED) is 0.922. The maximum absolute atomic E-state index is 5.92. The molecule has 1 heterocycles. The van der Waals surface area contributed by atoms with Crippen LogP contribution in [0.1, 0.15) is 5.69 Å². The number of rotatable bonds is 2. The van der Waals surface area contributed by atoms with Gasteiger partial charge in [-0.05, 0) is 40.2 Å². The number of nitrogens with two attached hydrogens (primary N) is 1. The standard InChI is InChI=1S/C10H9BrClN3/c11-9-2-1-7(12)5-10(9)15-4-3-8(6-13)14-15/h1-5H,6,13H2. The Morgan fingerprint density at radius 1 is 1.40 bits per heavy atom. The van der Waals surface area contributed by atoms with E-state index in [1.165, 1.54) is 0 Å². The summed E-state index contributed by atoms with van der Waals surface area (Å²) in [6, 6.07) is 7.44. The van der Waals surface area contributed by atoms with Crippen LogP contribution in [-0.4, -0.2) is 9.78 Å². The molecule has 5 heteroatoms. The Balaban J connectivity index is 2.48. The molecular weight excluding hydrogens is 277 g/mol. The predicted molar refractivity (Wildman–Crippen MR) is 64.2 cm³/mol. The lowest BCUT2D eigenvalue weighted by Gasteiger charge is -2.04. The van der Waals surface area contributed by atoms with Crippen LogP contribution in [0.3, 0.4) is 0 Å². The van der Waals surface area contributed by atoms with E-state index in [0.29, 0.717) is 11.6 Å². The number of benzene rings is 1. The molecule has 78 valence electrons. The smallest absolute Gasteiger partial charge is 0.0802 e. The van der Waals surface area contributed by atoms with E-state index in [2.05, 4.69) is 21.0 Å². The first-order valence-corrected chi connectivity index (χ1v) is 5.58. The number of halogens is 2. The summed E-state index contributed by atoms with van der Waals surface area (Å²) in [5, 5.41) is 4.98. The minimum atomic E-state index is 0.436. The lowest BCUT2D eigenvalue weighted by molar-refractivity contribution is 0.830. The van der Waals surface area contributed by atoms with Gasteiger partial charge in [0.15, 0.2) is 0 Å². The van der Waals surface area contributed by atoms with Crippen molar-refractivity contribution in [2.45, 2.75) is 6.54 Å². The van der Waals surface area contributed by atoms with Gasteiger partial charge in [0.2, 0.25) is 0 Å². The minimum Gasteiger partial charge on any atom is -0.325 e. The van der Waals surface area contributed by atoms with Crippen LogP contribution in [0.2, 0.25) is 5.02 Å². The summed E-state index contributed by atoms with van der Waals surface area (Å²) in [4.78, 5) is 0. The van der Waals surface area contributed by atoms with E-state index in [1.54, 1.807) is 4.68 Å². The SMILES string of the molecule is NCc1ccn(-c2cc(Cl)ccc2Br)n1. The highest BCUT2D eigenvalue weighted by molar-refractivity contribution is 9.10. The van der Waals surface area contributed by atoms with E-state index in [1.807, 2.05) is 30.5 Å². The number of hydrogen-bond acceptors (Lipinski definition) is 2. The van der Waals surface area contributed by atoms with Gasteiger partial charge in [0, 0.05) is 22.2 Å². The van der Waals surface area contributed by atoms with Crippen molar-refractivity contribution in [3.8, 4) is 5.69 Å². The maximum Gasteiger partial charge on any atom is 0.0802 e.